The molecule has 33 heavy (non-hydrogen) atoms. The van der Waals surface area contributed by atoms with Crippen LogP contribution in [-0.4, -0.2) is 30.3 Å². The second-order valence-electron chi connectivity index (χ2n) is 8.48. The molecule has 0 spiro atoms. The third kappa shape index (κ3) is 5.37. The number of hydrogen-bond donors (Lipinski definition) is 1. The maximum Gasteiger partial charge on any atom is 0.340 e. The average molecular weight is 469 g/mol. The van der Waals surface area contributed by atoms with Crippen LogP contribution in [0.2, 0.25) is 0 Å². The van der Waals surface area contributed by atoms with Gasteiger partial charge in [0, 0.05) is 17.9 Å². The lowest BCUT2D eigenvalue weighted by Crippen LogP contribution is -2.31. The lowest BCUT2D eigenvalue weighted by Gasteiger charge is -2.23. The van der Waals surface area contributed by atoms with E-state index >= 15 is 0 Å². The number of carbonyl (C=O) groups is 1. The fourth-order valence-corrected chi connectivity index (χ4v) is 5.61. The molecule has 0 unspecified atom stereocenters. The number of aromatic amines is 1. The first-order valence-corrected chi connectivity index (χ1v) is 12.5. The Morgan fingerprint density at radius 1 is 0.939 bits per heavy atom. The van der Waals surface area contributed by atoms with Crippen molar-refractivity contribution in [1.29, 1.82) is 0 Å². The summed E-state index contributed by atoms with van der Waals surface area (Å²) in [4.78, 5) is 15.9. The van der Waals surface area contributed by atoms with Crippen molar-refractivity contribution in [3.05, 3.63) is 87.2 Å². The van der Waals surface area contributed by atoms with Gasteiger partial charge in [-0.3, -0.25) is 0 Å². The van der Waals surface area contributed by atoms with E-state index in [-0.39, 0.29) is 24.6 Å². The zero-order valence-electron chi connectivity index (χ0n) is 20.2. The van der Waals surface area contributed by atoms with Gasteiger partial charge in [-0.2, -0.15) is 4.31 Å². The number of benzene rings is 2. The minimum absolute atomic E-state index is 0.107. The molecule has 7 heteroatoms. The van der Waals surface area contributed by atoms with E-state index < -0.39 is 16.0 Å². The minimum atomic E-state index is -3.81. The summed E-state index contributed by atoms with van der Waals surface area (Å²) in [5, 5.41) is 0. The molecule has 2 aromatic carbocycles. The van der Waals surface area contributed by atoms with Crippen LogP contribution in [0.1, 0.15) is 56.5 Å². The summed E-state index contributed by atoms with van der Waals surface area (Å²) < 4.78 is 34.2. The Morgan fingerprint density at radius 2 is 1.58 bits per heavy atom. The highest BCUT2D eigenvalue weighted by Gasteiger charge is 2.29. The SMILES string of the molecule is CCOC(=O)c1c(C)[nH]c(CN(Cc2ccc(C)cc2)S(=O)(=O)c2ccc(C)cc2C)c1C. The third-order valence-electron chi connectivity index (χ3n) is 5.78. The highest BCUT2D eigenvalue weighted by molar-refractivity contribution is 7.89. The standard InChI is InChI=1S/C26H32N2O4S/c1-7-32-26(29)25-20(5)23(27-21(25)6)16-28(15-22-11-8-17(2)9-12-22)33(30,31)24-13-10-18(3)14-19(24)4/h8-14,27H,7,15-16H2,1-6H3. The van der Waals surface area contributed by atoms with Gasteiger partial charge in [0.25, 0.3) is 0 Å². The molecule has 1 N–H and O–H groups in total. The number of sulfonamides is 1. The molecule has 0 amide bonds. The van der Waals surface area contributed by atoms with E-state index in [1.165, 1.54) is 4.31 Å². The lowest BCUT2D eigenvalue weighted by molar-refractivity contribution is 0.0525. The smallest absolute Gasteiger partial charge is 0.340 e. The maximum absolute atomic E-state index is 13.8. The first-order chi connectivity index (χ1) is 15.5. The molecular weight excluding hydrogens is 436 g/mol. The van der Waals surface area contributed by atoms with Crippen molar-refractivity contribution in [3.63, 3.8) is 0 Å². The molecule has 176 valence electrons. The van der Waals surface area contributed by atoms with Gasteiger partial charge in [0.05, 0.1) is 23.6 Å². The van der Waals surface area contributed by atoms with E-state index in [0.29, 0.717) is 28.1 Å². The quantitative estimate of drug-likeness (QED) is 0.465. The first-order valence-electron chi connectivity index (χ1n) is 11.0. The minimum Gasteiger partial charge on any atom is -0.462 e. The van der Waals surface area contributed by atoms with Crippen LogP contribution in [0.5, 0.6) is 0 Å². The van der Waals surface area contributed by atoms with Crippen LogP contribution in [0.3, 0.4) is 0 Å². The Balaban J connectivity index is 2.05. The Labute approximate surface area is 196 Å². The number of carbonyl (C=O) groups excluding carboxylic acids is 1. The summed E-state index contributed by atoms with van der Waals surface area (Å²) in [6.07, 6.45) is 0. The van der Waals surface area contributed by atoms with Gasteiger partial charge in [0.15, 0.2) is 0 Å². The number of hydrogen-bond acceptors (Lipinski definition) is 4. The number of esters is 1. The molecule has 3 aromatic rings. The van der Waals surface area contributed by atoms with Gasteiger partial charge in [-0.05, 0) is 64.3 Å². The number of nitrogens with one attached hydrogen (secondary N) is 1. The Bertz CT molecular complexity index is 1260. The number of rotatable bonds is 8. The maximum atomic E-state index is 13.8. The van der Waals surface area contributed by atoms with Gasteiger partial charge in [0.1, 0.15) is 0 Å². The molecule has 0 aliphatic heterocycles. The highest BCUT2D eigenvalue weighted by Crippen LogP contribution is 2.27. The molecule has 3 rings (SSSR count). The summed E-state index contributed by atoms with van der Waals surface area (Å²) in [7, 11) is -3.81. The van der Waals surface area contributed by atoms with E-state index in [0.717, 1.165) is 16.7 Å². The van der Waals surface area contributed by atoms with Crippen molar-refractivity contribution >= 4 is 16.0 Å². The van der Waals surface area contributed by atoms with E-state index in [4.69, 9.17) is 4.74 Å². The summed E-state index contributed by atoms with van der Waals surface area (Å²) in [5.41, 5.74) is 6.22. The largest absolute Gasteiger partial charge is 0.462 e. The molecule has 0 fully saturated rings. The van der Waals surface area contributed by atoms with E-state index in [2.05, 4.69) is 4.98 Å². The zero-order chi connectivity index (χ0) is 24.3. The van der Waals surface area contributed by atoms with Crippen molar-refractivity contribution in [2.75, 3.05) is 6.61 Å². The molecule has 6 nitrogen and oxygen atoms in total. The Hall–Kier alpha value is -2.90. The van der Waals surface area contributed by atoms with Gasteiger partial charge in [-0.25, -0.2) is 13.2 Å². The van der Waals surface area contributed by atoms with Gasteiger partial charge in [0.2, 0.25) is 10.0 Å². The van der Waals surface area contributed by atoms with Crippen molar-refractivity contribution in [2.24, 2.45) is 0 Å². The average Bonchev–Trinajstić information content (AvgIpc) is 3.02. The Kier molecular flexibility index (Phi) is 7.44. The fraction of sp³-hybridized carbons (Fsp3) is 0.346. The predicted molar refractivity (Wildman–Crippen MR) is 130 cm³/mol. The van der Waals surface area contributed by atoms with Gasteiger partial charge < -0.3 is 9.72 Å². The Morgan fingerprint density at radius 3 is 2.18 bits per heavy atom. The predicted octanol–water partition coefficient (Wildman–Crippen LogP) is 5.12. The van der Waals surface area contributed by atoms with Gasteiger partial charge >= 0.3 is 5.97 Å². The number of aromatic nitrogens is 1. The zero-order valence-corrected chi connectivity index (χ0v) is 21.0. The van der Waals surface area contributed by atoms with Crippen molar-refractivity contribution in [3.8, 4) is 0 Å². The topological polar surface area (TPSA) is 79.5 Å². The molecule has 0 saturated heterocycles. The van der Waals surface area contributed by atoms with Crippen molar-refractivity contribution in [2.45, 2.75) is 59.5 Å². The molecule has 0 bridgehead atoms. The van der Waals surface area contributed by atoms with Crippen LogP contribution in [0.25, 0.3) is 0 Å². The second-order valence-corrected chi connectivity index (χ2v) is 10.4. The molecule has 1 heterocycles. The molecular formula is C26H32N2O4S. The number of H-pyrrole nitrogens is 1. The third-order valence-corrected chi connectivity index (χ3v) is 7.73. The molecule has 0 atom stereocenters. The van der Waals surface area contributed by atoms with Crippen molar-refractivity contribution < 1.29 is 17.9 Å². The monoisotopic (exact) mass is 468 g/mol. The fourth-order valence-electron chi connectivity index (χ4n) is 4.01. The van der Waals surface area contributed by atoms with Crippen LogP contribution in [-0.2, 0) is 27.8 Å². The van der Waals surface area contributed by atoms with Crippen LogP contribution >= 0.6 is 0 Å². The summed E-state index contributed by atoms with van der Waals surface area (Å²) >= 11 is 0. The van der Waals surface area contributed by atoms with E-state index in [1.54, 1.807) is 19.9 Å². The van der Waals surface area contributed by atoms with Crippen LogP contribution < -0.4 is 0 Å². The lowest BCUT2D eigenvalue weighted by atomic mass is 10.1. The molecule has 0 aliphatic carbocycles. The number of nitrogens with zero attached hydrogens (tertiary/aromatic N) is 1. The molecule has 0 saturated carbocycles. The summed E-state index contributed by atoms with van der Waals surface area (Å²) in [6.45, 7) is 11.7. The number of ether oxygens (including phenoxy) is 1. The van der Waals surface area contributed by atoms with Crippen molar-refractivity contribution in [1.82, 2.24) is 9.29 Å². The van der Waals surface area contributed by atoms with Gasteiger partial charge in [-0.15, -0.1) is 0 Å². The summed E-state index contributed by atoms with van der Waals surface area (Å²) in [5.74, 6) is -0.405. The molecule has 1 aromatic heterocycles. The van der Waals surface area contributed by atoms with Gasteiger partial charge in [-0.1, -0.05) is 47.5 Å². The first kappa shape index (κ1) is 24.7. The highest BCUT2D eigenvalue weighted by atomic mass is 32.2. The van der Waals surface area contributed by atoms with Crippen LogP contribution in [0.4, 0.5) is 0 Å². The van der Waals surface area contributed by atoms with Crippen LogP contribution in [0.15, 0.2) is 47.4 Å². The molecule has 0 radical (unpaired) electrons. The van der Waals surface area contributed by atoms with E-state index in [1.807, 2.05) is 64.1 Å². The van der Waals surface area contributed by atoms with Crippen LogP contribution in [0, 0.1) is 34.6 Å². The normalized spacial score (nSPS) is 11.7. The molecule has 0 aliphatic rings. The second kappa shape index (κ2) is 9.93. The summed E-state index contributed by atoms with van der Waals surface area (Å²) in [6, 6.07) is 13.2. The van der Waals surface area contributed by atoms with E-state index in [9.17, 15) is 13.2 Å². The number of aryl methyl sites for hydroxylation is 4.